The SMILES string of the molecule is C[Si](C)=[Zr+2].Cc1cc2c(-c3ccccc3C)ccc(C)c2[cH-]1.Cc1ccccc1-c1cccc2[cH-]c(C(C)C)cc12.[Cl-].[Cl-]. The Morgan fingerprint density at radius 3 is 1.63 bits per heavy atom. The van der Waals surface area contributed by atoms with Gasteiger partial charge in [0.25, 0.3) is 0 Å². The number of rotatable bonds is 3. The fourth-order valence-electron chi connectivity index (χ4n) is 5.40. The first-order chi connectivity index (χ1) is 19.6. The molecule has 6 aromatic rings. The molecule has 43 heavy (non-hydrogen) atoms. The maximum atomic E-state index is 2.35. The van der Waals surface area contributed by atoms with E-state index in [2.05, 4.69) is 158 Å². The summed E-state index contributed by atoms with van der Waals surface area (Å²) in [5, 5.41) is 5.49. The molecule has 0 heterocycles. The Hall–Kier alpha value is -2.22. The van der Waals surface area contributed by atoms with E-state index in [4.69, 9.17) is 0 Å². The number of aryl methyl sites for hydroxylation is 4. The van der Waals surface area contributed by atoms with E-state index >= 15 is 0 Å². The van der Waals surface area contributed by atoms with Crippen molar-refractivity contribution in [2.24, 2.45) is 0 Å². The summed E-state index contributed by atoms with van der Waals surface area (Å²) in [4.78, 5) is 0. The van der Waals surface area contributed by atoms with Crippen LogP contribution in [0.5, 0.6) is 0 Å². The maximum Gasteiger partial charge on any atom is -0.0250 e. The smallest absolute Gasteiger partial charge is 0.0250 e. The zero-order chi connectivity index (χ0) is 29.7. The molecule has 0 bridgehead atoms. The summed E-state index contributed by atoms with van der Waals surface area (Å²) >= 11 is 1.74. The van der Waals surface area contributed by atoms with Crippen LogP contribution in [0.3, 0.4) is 0 Å². The molecular weight excluding hydrogens is 659 g/mol. The van der Waals surface area contributed by atoms with E-state index in [1.54, 1.807) is 23.3 Å². The van der Waals surface area contributed by atoms with Gasteiger partial charge in [0.05, 0.1) is 0 Å². The van der Waals surface area contributed by atoms with Crippen LogP contribution in [0.4, 0.5) is 0 Å². The molecule has 0 aromatic heterocycles. The zero-order valence-electron chi connectivity index (χ0n) is 26.6. The summed E-state index contributed by atoms with van der Waals surface area (Å²) in [6, 6.07) is 37.5. The molecule has 0 amide bonds. The van der Waals surface area contributed by atoms with Gasteiger partial charge in [-0.25, -0.2) is 0 Å². The van der Waals surface area contributed by atoms with Crippen LogP contribution in [-0.2, 0) is 23.3 Å². The molecule has 0 aliphatic heterocycles. The zero-order valence-corrected chi connectivity index (χ0v) is 31.6. The molecule has 0 saturated heterocycles. The van der Waals surface area contributed by atoms with Gasteiger partial charge in [-0.2, -0.15) is 12.1 Å². The Kier molecular flexibility index (Phi) is 14.4. The van der Waals surface area contributed by atoms with Crippen molar-refractivity contribution in [1.29, 1.82) is 0 Å². The third-order valence-corrected chi connectivity index (χ3v) is 7.56. The third kappa shape index (κ3) is 9.15. The van der Waals surface area contributed by atoms with Crippen molar-refractivity contribution in [2.45, 2.75) is 60.6 Å². The number of fused-ring (bicyclic) bond motifs is 2. The molecule has 0 radical (unpaired) electrons. The first-order valence-electron chi connectivity index (χ1n) is 14.6. The number of halogens is 2. The molecule has 6 rings (SSSR count). The van der Waals surface area contributed by atoms with Gasteiger partial charge in [0.1, 0.15) is 0 Å². The minimum Gasteiger partial charge on any atom is -1.00 e. The van der Waals surface area contributed by atoms with Crippen molar-refractivity contribution in [3.05, 3.63) is 131 Å². The topological polar surface area (TPSA) is 0 Å². The Bertz CT molecular complexity index is 1800. The van der Waals surface area contributed by atoms with Crippen LogP contribution in [0, 0.1) is 27.7 Å². The average Bonchev–Trinajstić information content (AvgIpc) is 3.54. The number of benzene rings is 4. The Labute approximate surface area is 286 Å². The third-order valence-electron chi connectivity index (χ3n) is 7.56. The first-order valence-corrected chi connectivity index (χ1v) is 20.7. The van der Waals surface area contributed by atoms with Crippen LogP contribution in [0.2, 0.25) is 13.1 Å². The van der Waals surface area contributed by atoms with E-state index in [0.717, 1.165) is 0 Å². The summed E-state index contributed by atoms with van der Waals surface area (Å²) in [5.41, 5.74) is 12.4. The molecule has 0 aliphatic carbocycles. The molecule has 0 aliphatic rings. The fraction of sp³-hybridized carbons (Fsp3) is 0.231. The molecule has 0 fully saturated rings. The van der Waals surface area contributed by atoms with Gasteiger partial charge in [0.2, 0.25) is 0 Å². The maximum absolute atomic E-state index is 2.35. The largest absolute Gasteiger partial charge is 1.00 e. The van der Waals surface area contributed by atoms with E-state index < -0.39 is 0 Å². The first kappa shape index (κ1) is 37.0. The van der Waals surface area contributed by atoms with Crippen molar-refractivity contribution < 1.29 is 48.1 Å². The van der Waals surface area contributed by atoms with Gasteiger partial charge in [-0.05, 0) is 42.0 Å². The molecule has 222 valence electrons. The van der Waals surface area contributed by atoms with Crippen LogP contribution >= 0.6 is 0 Å². The quantitative estimate of drug-likeness (QED) is 0.167. The van der Waals surface area contributed by atoms with E-state index in [1.807, 2.05) is 0 Å². The predicted octanol–water partition coefficient (Wildman–Crippen LogP) is 5.60. The van der Waals surface area contributed by atoms with Crippen LogP contribution in [0.15, 0.2) is 103 Å². The van der Waals surface area contributed by atoms with Crippen LogP contribution in [0.1, 0.15) is 47.6 Å². The number of hydrogen-bond donors (Lipinski definition) is 0. The average molecular weight is 701 g/mol. The van der Waals surface area contributed by atoms with Crippen LogP contribution in [-0.4, -0.2) is 5.43 Å². The number of hydrogen-bond acceptors (Lipinski definition) is 0. The van der Waals surface area contributed by atoms with Gasteiger partial charge >= 0.3 is 41.9 Å². The van der Waals surface area contributed by atoms with Crippen molar-refractivity contribution >= 4 is 27.0 Å². The second kappa shape index (κ2) is 16.7. The second-order valence-corrected chi connectivity index (χ2v) is 21.0. The molecule has 0 N–H and O–H groups in total. The van der Waals surface area contributed by atoms with E-state index in [-0.39, 0.29) is 30.2 Å². The Balaban J connectivity index is 0.000000257. The Morgan fingerprint density at radius 1 is 0.581 bits per heavy atom. The van der Waals surface area contributed by atoms with Crippen molar-refractivity contribution in [2.75, 3.05) is 0 Å². The van der Waals surface area contributed by atoms with Crippen molar-refractivity contribution in [3.8, 4) is 22.3 Å². The molecule has 0 atom stereocenters. The van der Waals surface area contributed by atoms with Gasteiger partial charge in [0, 0.05) is 0 Å². The monoisotopic (exact) mass is 698 g/mol. The predicted molar refractivity (Wildman–Crippen MR) is 180 cm³/mol. The van der Waals surface area contributed by atoms with Gasteiger partial charge in [0.15, 0.2) is 0 Å². The molecule has 6 aromatic carbocycles. The molecule has 0 saturated carbocycles. The summed E-state index contributed by atoms with van der Waals surface area (Å²) < 4.78 is 0. The van der Waals surface area contributed by atoms with Gasteiger partial charge in [-0.3, -0.25) is 0 Å². The summed E-state index contributed by atoms with van der Waals surface area (Å²) in [7, 11) is 0. The van der Waals surface area contributed by atoms with Gasteiger partial charge in [-0.15, -0.1) is 68.6 Å². The van der Waals surface area contributed by atoms with Gasteiger partial charge < -0.3 is 24.8 Å². The minimum absolute atomic E-state index is 0. The summed E-state index contributed by atoms with van der Waals surface area (Å²) in [6.45, 7) is 17.8. The minimum atomic E-state index is 0. The Morgan fingerprint density at radius 2 is 1.09 bits per heavy atom. The molecule has 4 heteroatoms. The normalized spacial score (nSPS) is 10.3. The molecule has 0 unspecified atom stereocenters. The van der Waals surface area contributed by atoms with Crippen LogP contribution < -0.4 is 24.8 Å². The molecule has 0 nitrogen and oxygen atoms in total. The van der Waals surface area contributed by atoms with E-state index in [1.165, 1.54) is 71.6 Å². The van der Waals surface area contributed by atoms with Crippen LogP contribution in [0.25, 0.3) is 43.8 Å². The summed E-state index contributed by atoms with van der Waals surface area (Å²) in [5.74, 6) is 0.581. The van der Waals surface area contributed by atoms with E-state index in [9.17, 15) is 0 Å². The molecule has 0 spiro atoms. The second-order valence-electron chi connectivity index (χ2n) is 11.7. The standard InChI is InChI=1S/C19H19.C18H17.C2H6Si.2ClH.Zr/c1-13(2)16-11-15-8-6-10-18(19(15)12-16)17-9-5-4-7-14(17)3;1-12-10-17-14(3)8-9-16(18(17)11-12)15-7-5-4-6-13(15)2;1-3-2;;;/h4-13H,1-3H3;4-11H,1-3H3;1-2H3;2*1H;/q2*-1;;;;+2/p-2. The van der Waals surface area contributed by atoms with Gasteiger partial charge in [-0.1, -0.05) is 99.5 Å². The molecular formula is C39H42Cl2SiZr-2. The summed E-state index contributed by atoms with van der Waals surface area (Å²) in [6.07, 6.45) is 0. The van der Waals surface area contributed by atoms with Crippen molar-refractivity contribution in [1.82, 2.24) is 0 Å². The fourth-order valence-corrected chi connectivity index (χ4v) is 5.40. The van der Waals surface area contributed by atoms with Crippen molar-refractivity contribution in [3.63, 3.8) is 0 Å². The van der Waals surface area contributed by atoms with E-state index in [0.29, 0.717) is 5.92 Å².